The van der Waals surface area contributed by atoms with E-state index >= 15 is 0 Å². The lowest BCUT2D eigenvalue weighted by molar-refractivity contribution is 0.399. The van der Waals surface area contributed by atoms with Gasteiger partial charge in [0.05, 0.1) is 6.04 Å². The number of aryl methyl sites for hydroxylation is 1. The molecule has 7 nitrogen and oxygen atoms in total. The highest BCUT2D eigenvalue weighted by Gasteiger charge is 2.23. The summed E-state index contributed by atoms with van der Waals surface area (Å²) < 4.78 is 0. The maximum atomic E-state index is 4.82. The Balaban J connectivity index is 0.00000176. The van der Waals surface area contributed by atoms with E-state index in [4.69, 9.17) is 4.98 Å². The zero-order chi connectivity index (χ0) is 26.1. The molecule has 1 aromatic heterocycles. The minimum Gasteiger partial charge on any atom is -0.385 e. The lowest BCUT2D eigenvalue weighted by Crippen LogP contribution is -2.43. The van der Waals surface area contributed by atoms with Crippen LogP contribution in [0.2, 0.25) is 0 Å². The molecule has 7 heteroatoms. The highest BCUT2D eigenvalue weighted by molar-refractivity contribution is 5.83. The van der Waals surface area contributed by atoms with E-state index in [2.05, 4.69) is 96.1 Å². The fourth-order valence-electron chi connectivity index (χ4n) is 4.75. The molecule has 1 saturated heterocycles. The molecule has 0 radical (unpaired) electrons. The molecule has 1 atom stereocenters. The molecule has 3 N–H and O–H groups in total. The van der Waals surface area contributed by atoms with Crippen LogP contribution in [0.3, 0.4) is 0 Å². The number of hydrogen-bond acceptors (Lipinski definition) is 7. The Bertz CT molecular complexity index is 976. The van der Waals surface area contributed by atoms with E-state index in [0.717, 1.165) is 57.9 Å². The molecule has 0 aliphatic carbocycles. The molecular weight excluding hydrogens is 446 g/mol. The third kappa shape index (κ3) is 6.92. The van der Waals surface area contributed by atoms with Gasteiger partial charge in [-0.1, -0.05) is 26.8 Å². The zero-order valence-electron chi connectivity index (χ0n) is 23.5. The van der Waals surface area contributed by atoms with Crippen LogP contribution in [-0.4, -0.2) is 77.3 Å². The van der Waals surface area contributed by atoms with Gasteiger partial charge in [0.2, 0.25) is 0 Å². The van der Waals surface area contributed by atoms with Gasteiger partial charge < -0.3 is 30.7 Å². The zero-order valence-corrected chi connectivity index (χ0v) is 23.5. The van der Waals surface area contributed by atoms with Crippen LogP contribution in [0, 0.1) is 0 Å². The average molecular weight is 494 g/mol. The summed E-state index contributed by atoms with van der Waals surface area (Å²) in [4.78, 5) is 11.6. The Morgan fingerprint density at radius 2 is 1.83 bits per heavy atom. The first-order chi connectivity index (χ1) is 17.5. The van der Waals surface area contributed by atoms with E-state index in [1.165, 1.54) is 33.8 Å². The van der Waals surface area contributed by atoms with Crippen molar-refractivity contribution in [1.82, 2.24) is 20.5 Å². The van der Waals surface area contributed by atoms with Gasteiger partial charge in [-0.15, -0.1) is 0 Å². The molecule has 198 valence electrons. The smallest absolute Gasteiger partial charge is 0.128 e. The second-order valence-electron chi connectivity index (χ2n) is 9.75. The van der Waals surface area contributed by atoms with Gasteiger partial charge in [-0.25, -0.2) is 4.98 Å². The summed E-state index contributed by atoms with van der Waals surface area (Å²) in [6.45, 7) is 12.3. The van der Waals surface area contributed by atoms with Crippen molar-refractivity contribution in [3.8, 4) is 0 Å². The van der Waals surface area contributed by atoms with Crippen LogP contribution >= 0.6 is 0 Å². The summed E-state index contributed by atoms with van der Waals surface area (Å²) in [5.74, 6) is 1.06. The SMILES string of the molecule is CC.CCc1cc2c(cc1N(C)C)NC(c1ccc(N3CCNCC3)nc1)C=C2NCCCN(C)C. The summed E-state index contributed by atoms with van der Waals surface area (Å²) in [5.41, 5.74) is 7.47. The highest BCUT2D eigenvalue weighted by Crippen LogP contribution is 2.38. The van der Waals surface area contributed by atoms with E-state index in [1.807, 2.05) is 20.0 Å². The molecule has 1 unspecified atom stereocenters. The number of nitrogens with zero attached hydrogens (tertiary/aromatic N) is 4. The van der Waals surface area contributed by atoms with Crippen molar-refractivity contribution in [2.24, 2.45) is 0 Å². The molecule has 1 aromatic carbocycles. The Hall–Kier alpha value is -2.77. The molecule has 1 fully saturated rings. The first-order valence-electron chi connectivity index (χ1n) is 13.6. The first-order valence-corrected chi connectivity index (χ1v) is 13.6. The van der Waals surface area contributed by atoms with Crippen molar-refractivity contribution in [2.45, 2.75) is 39.7 Å². The fourth-order valence-corrected chi connectivity index (χ4v) is 4.75. The molecule has 2 aliphatic heterocycles. The molecule has 3 heterocycles. The quantitative estimate of drug-likeness (QED) is 0.453. The third-order valence-electron chi connectivity index (χ3n) is 6.68. The van der Waals surface area contributed by atoms with E-state index in [1.54, 1.807) is 0 Å². The Labute approximate surface area is 219 Å². The fraction of sp³-hybridized carbons (Fsp3) is 0.552. The summed E-state index contributed by atoms with van der Waals surface area (Å²) in [6, 6.07) is 9.13. The maximum absolute atomic E-state index is 4.82. The summed E-state index contributed by atoms with van der Waals surface area (Å²) in [5, 5.41) is 10.9. The lowest BCUT2D eigenvalue weighted by atomic mass is 9.94. The van der Waals surface area contributed by atoms with Gasteiger partial charge in [-0.3, -0.25) is 0 Å². The van der Waals surface area contributed by atoms with Crippen LogP contribution in [0.15, 0.2) is 36.5 Å². The van der Waals surface area contributed by atoms with Crippen LogP contribution in [0.5, 0.6) is 0 Å². The van der Waals surface area contributed by atoms with Gasteiger partial charge in [0.1, 0.15) is 5.82 Å². The molecule has 0 saturated carbocycles. The number of pyridine rings is 1. The minimum atomic E-state index is 0.0795. The largest absolute Gasteiger partial charge is 0.385 e. The Kier molecular flexibility index (Phi) is 10.4. The molecule has 0 amide bonds. The molecule has 36 heavy (non-hydrogen) atoms. The van der Waals surface area contributed by atoms with Gasteiger partial charge in [0, 0.05) is 75.7 Å². The summed E-state index contributed by atoms with van der Waals surface area (Å²) in [6.07, 6.45) is 6.48. The van der Waals surface area contributed by atoms with Crippen molar-refractivity contribution < 1.29 is 0 Å². The maximum Gasteiger partial charge on any atom is 0.128 e. The average Bonchev–Trinajstić information content (AvgIpc) is 2.91. The molecular formula is C29H47N7. The third-order valence-corrected chi connectivity index (χ3v) is 6.68. The van der Waals surface area contributed by atoms with E-state index < -0.39 is 0 Å². The van der Waals surface area contributed by atoms with Crippen molar-refractivity contribution >= 4 is 22.9 Å². The number of benzene rings is 1. The van der Waals surface area contributed by atoms with Gasteiger partial charge >= 0.3 is 0 Å². The second kappa shape index (κ2) is 13.5. The van der Waals surface area contributed by atoms with Gasteiger partial charge in [-0.2, -0.15) is 0 Å². The summed E-state index contributed by atoms with van der Waals surface area (Å²) >= 11 is 0. The Morgan fingerprint density at radius 3 is 2.44 bits per heavy atom. The highest BCUT2D eigenvalue weighted by atomic mass is 15.2. The monoisotopic (exact) mass is 493 g/mol. The van der Waals surface area contributed by atoms with Crippen molar-refractivity contribution in [1.29, 1.82) is 0 Å². The number of fused-ring (bicyclic) bond motifs is 1. The van der Waals surface area contributed by atoms with Crippen LogP contribution in [-0.2, 0) is 6.42 Å². The van der Waals surface area contributed by atoms with Crippen LogP contribution < -0.4 is 25.8 Å². The van der Waals surface area contributed by atoms with Crippen LogP contribution in [0.1, 0.15) is 49.9 Å². The van der Waals surface area contributed by atoms with Crippen LogP contribution in [0.25, 0.3) is 5.70 Å². The predicted octanol–water partition coefficient (Wildman–Crippen LogP) is 4.19. The Morgan fingerprint density at radius 1 is 1.08 bits per heavy atom. The number of rotatable bonds is 9. The molecule has 2 aromatic rings. The first kappa shape index (κ1) is 27.8. The van der Waals surface area contributed by atoms with Crippen molar-refractivity contribution in [2.75, 3.05) is 82.6 Å². The number of nitrogens with one attached hydrogen (secondary N) is 3. The number of hydrogen-bond donors (Lipinski definition) is 3. The molecule has 4 rings (SSSR count). The second-order valence-corrected chi connectivity index (χ2v) is 9.75. The van der Waals surface area contributed by atoms with E-state index in [9.17, 15) is 0 Å². The molecule has 2 aliphatic rings. The minimum absolute atomic E-state index is 0.0795. The predicted molar refractivity (Wildman–Crippen MR) is 156 cm³/mol. The molecule has 0 spiro atoms. The van der Waals surface area contributed by atoms with Crippen LogP contribution in [0.4, 0.5) is 17.2 Å². The van der Waals surface area contributed by atoms with E-state index in [0.29, 0.717) is 0 Å². The lowest BCUT2D eigenvalue weighted by Gasteiger charge is -2.31. The molecule has 0 bridgehead atoms. The van der Waals surface area contributed by atoms with Gasteiger partial charge in [-0.05, 0) is 68.9 Å². The summed E-state index contributed by atoms with van der Waals surface area (Å²) in [7, 11) is 8.50. The standard InChI is InChI=1S/C27H41N7.C2H6/c1-6-20-16-22-24(29-10-7-13-32(2)3)17-23(31-25(22)18-26(20)33(4)5)21-8-9-27(30-19-21)34-14-11-28-12-15-34;1-2/h8-9,16-19,23,28-29,31H,6-7,10-15H2,1-5H3;1-2H3. The van der Waals surface area contributed by atoms with Gasteiger partial charge in [0.25, 0.3) is 0 Å². The van der Waals surface area contributed by atoms with Gasteiger partial charge in [0.15, 0.2) is 0 Å². The number of anilines is 3. The van der Waals surface area contributed by atoms with Crippen molar-refractivity contribution in [3.05, 3.63) is 53.2 Å². The van der Waals surface area contributed by atoms with E-state index in [-0.39, 0.29) is 6.04 Å². The normalized spacial score (nSPS) is 16.9. The van der Waals surface area contributed by atoms with Crippen molar-refractivity contribution in [3.63, 3.8) is 0 Å². The number of piperazine rings is 1. The topological polar surface area (TPSA) is 58.7 Å². The number of aromatic nitrogens is 1.